The number of likely N-dealkylation sites (tertiary alicyclic amines) is 1. The first-order valence-electron chi connectivity index (χ1n) is 7.68. The second kappa shape index (κ2) is 7.04. The molecule has 0 aliphatic carbocycles. The summed E-state index contributed by atoms with van der Waals surface area (Å²) in [5.41, 5.74) is 0.480. The van der Waals surface area contributed by atoms with E-state index in [2.05, 4.69) is 20.3 Å². The predicted molar refractivity (Wildman–Crippen MR) is 85.4 cm³/mol. The number of carbonyl (C=O) groups is 1. The van der Waals surface area contributed by atoms with E-state index in [1.165, 1.54) is 6.33 Å². The van der Waals surface area contributed by atoms with E-state index in [-0.39, 0.29) is 11.9 Å². The van der Waals surface area contributed by atoms with Crippen LogP contribution in [0.3, 0.4) is 0 Å². The zero-order valence-electron chi connectivity index (χ0n) is 13.0. The highest BCUT2D eigenvalue weighted by atomic mass is 16.5. The van der Waals surface area contributed by atoms with Crippen molar-refractivity contribution in [2.45, 2.75) is 19.4 Å². The summed E-state index contributed by atoms with van der Waals surface area (Å²) in [6, 6.07) is 7.29. The third-order valence-corrected chi connectivity index (χ3v) is 3.65. The van der Waals surface area contributed by atoms with E-state index in [9.17, 15) is 4.79 Å². The van der Waals surface area contributed by atoms with Gasteiger partial charge in [0.2, 0.25) is 5.88 Å². The third kappa shape index (κ3) is 3.74. The molecule has 0 radical (unpaired) electrons. The Morgan fingerprint density at radius 3 is 3.09 bits per heavy atom. The molecule has 0 spiro atoms. The van der Waals surface area contributed by atoms with E-state index in [0.717, 1.165) is 6.42 Å². The van der Waals surface area contributed by atoms with Crippen LogP contribution in [0.4, 0.5) is 5.82 Å². The molecule has 1 N–H and O–H groups in total. The summed E-state index contributed by atoms with van der Waals surface area (Å²) < 4.78 is 5.36. The normalized spacial score (nSPS) is 17.1. The number of nitrogens with zero attached hydrogens (tertiary/aromatic N) is 4. The van der Waals surface area contributed by atoms with Crippen LogP contribution in [0, 0.1) is 0 Å². The molecule has 7 nitrogen and oxygen atoms in total. The van der Waals surface area contributed by atoms with Gasteiger partial charge < -0.3 is 15.0 Å². The van der Waals surface area contributed by atoms with Crippen LogP contribution in [0.2, 0.25) is 0 Å². The van der Waals surface area contributed by atoms with Gasteiger partial charge in [-0.15, -0.1) is 0 Å². The Labute approximate surface area is 134 Å². The standard InChI is InChI=1S/C16H19N5O2/c1-2-23-15-9-14(18-11-19-15)20-12-6-8-21(10-12)16(22)13-5-3-4-7-17-13/h3-5,7,9,11-12H,2,6,8,10H2,1H3,(H,18,19,20). The summed E-state index contributed by atoms with van der Waals surface area (Å²) in [5.74, 6) is 1.22. The molecule has 1 unspecified atom stereocenters. The first-order chi connectivity index (χ1) is 11.3. The average molecular weight is 313 g/mol. The summed E-state index contributed by atoms with van der Waals surface area (Å²) in [5, 5.41) is 3.33. The lowest BCUT2D eigenvalue weighted by molar-refractivity contribution is 0.0786. The summed E-state index contributed by atoms with van der Waals surface area (Å²) in [7, 11) is 0. The van der Waals surface area contributed by atoms with Crippen molar-refractivity contribution in [1.82, 2.24) is 19.9 Å². The van der Waals surface area contributed by atoms with E-state index in [1.807, 2.05) is 17.9 Å². The number of nitrogens with one attached hydrogen (secondary N) is 1. The minimum absolute atomic E-state index is 0.0346. The molecule has 23 heavy (non-hydrogen) atoms. The lowest BCUT2D eigenvalue weighted by Gasteiger charge is -2.17. The van der Waals surface area contributed by atoms with Crippen LogP contribution >= 0.6 is 0 Å². The molecule has 0 saturated carbocycles. The maximum atomic E-state index is 12.4. The van der Waals surface area contributed by atoms with Gasteiger partial charge in [-0.3, -0.25) is 9.78 Å². The molecule has 1 atom stereocenters. The number of carbonyl (C=O) groups excluding carboxylic acids is 1. The number of rotatable bonds is 5. The Kier molecular flexibility index (Phi) is 4.65. The SMILES string of the molecule is CCOc1cc(NC2CCN(C(=O)c3ccccn3)C2)ncn1. The second-order valence-electron chi connectivity index (χ2n) is 5.27. The summed E-state index contributed by atoms with van der Waals surface area (Å²) in [6.45, 7) is 3.80. The number of aromatic nitrogens is 3. The Morgan fingerprint density at radius 2 is 2.30 bits per heavy atom. The van der Waals surface area contributed by atoms with Gasteiger partial charge in [0, 0.05) is 31.4 Å². The Hall–Kier alpha value is -2.70. The van der Waals surface area contributed by atoms with Gasteiger partial charge in [-0.1, -0.05) is 6.07 Å². The number of hydrogen-bond acceptors (Lipinski definition) is 6. The fraction of sp³-hybridized carbons (Fsp3) is 0.375. The first-order valence-corrected chi connectivity index (χ1v) is 7.68. The van der Waals surface area contributed by atoms with Crippen LogP contribution in [0.15, 0.2) is 36.8 Å². The number of ether oxygens (including phenoxy) is 1. The monoisotopic (exact) mass is 313 g/mol. The third-order valence-electron chi connectivity index (χ3n) is 3.65. The van der Waals surface area contributed by atoms with Crippen LogP contribution in [-0.4, -0.2) is 51.5 Å². The van der Waals surface area contributed by atoms with Crippen molar-refractivity contribution in [3.8, 4) is 5.88 Å². The molecule has 0 aromatic carbocycles. The van der Waals surface area contributed by atoms with Crippen molar-refractivity contribution in [3.63, 3.8) is 0 Å². The van der Waals surface area contributed by atoms with E-state index in [1.54, 1.807) is 24.4 Å². The molecular weight excluding hydrogens is 294 g/mol. The fourth-order valence-corrected chi connectivity index (χ4v) is 2.57. The highest BCUT2D eigenvalue weighted by Gasteiger charge is 2.27. The average Bonchev–Trinajstić information content (AvgIpc) is 3.04. The van der Waals surface area contributed by atoms with Crippen molar-refractivity contribution in [2.24, 2.45) is 0 Å². The minimum Gasteiger partial charge on any atom is -0.478 e. The van der Waals surface area contributed by atoms with E-state index in [4.69, 9.17) is 4.74 Å². The molecule has 2 aromatic rings. The zero-order chi connectivity index (χ0) is 16.1. The van der Waals surface area contributed by atoms with Crippen LogP contribution in [0.25, 0.3) is 0 Å². The largest absolute Gasteiger partial charge is 0.478 e. The number of pyridine rings is 1. The molecule has 1 aliphatic rings. The molecular formula is C16H19N5O2. The maximum absolute atomic E-state index is 12.4. The van der Waals surface area contributed by atoms with Crippen molar-refractivity contribution in [3.05, 3.63) is 42.5 Å². The summed E-state index contributed by atoms with van der Waals surface area (Å²) >= 11 is 0. The maximum Gasteiger partial charge on any atom is 0.272 e. The van der Waals surface area contributed by atoms with E-state index in [0.29, 0.717) is 37.1 Å². The summed E-state index contributed by atoms with van der Waals surface area (Å²) in [4.78, 5) is 26.5. The van der Waals surface area contributed by atoms with E-state index < -0.39 is 0 Å². The van der Waals surface area contributed by atoms with Crippen molar-refractivity contribution < 1.29 is 9.53 Å². The van der Waals surface area contributed by atoms with Gasteiger partial charge in [0.1, 0.15) is 17.8 Å². The smallest absolute Gasteiger partial charge is 0.272 e. The minimum atomic E-state index is -0.0346. The molecule has 120 valence electrons. The van der Waals surface area contributed by atoms with E-state index >= 15 is 0 Å². The van der Waals surface area contributed by atoms with Crippen LogP contribution in [0.1, 0.15) is 23.8 Å². The van der Waals surface area contributed by atoms with Crippen molar-refractivity contribution >= 4 is 11.7 Å². The Bertz CT molecular complexity index is 665. The van der Waals surface area contributed by atoms with Gasteiger partial charge in [-0.05, 0) is 25.5 Å². The topological polar surface area (TPSA) is 80.2 Å². The predicted octanol–water partition coefficient (Wildman–Crippen LogP) is 1.60. The quantitative estimate of drug-likeness (QED) is 0.903. The van der Waals surface area contributed by atoms with Gasteiger partial charge in [0.05, 0.1) is 6.61 Å². The first kappa shape index (κ1) is 15.2. The zero-order valence-corrected chi connectivity index (χ0v) is 13.0. The summed E-state index contributed by atoms with van der Waals surface area (Å²) in [6.07, 6.45) is 3.97. The lowest BCUT2D eigenvalue weighted by atomic mass is 10.2. The Morgan fingerprint density at radius 1 is 1.39 bits per heavy atom. The molecule has 0 bridgehead atoms. The molecule has 1 aliphatic heterocycles. The second-order valence-corrected chi connectivity index (χ2v) is 5.27. The van der Waals surface area contributed by atoms with Gasteiger partial charge in [0.25, 0.3) is 5.91 Å². The van der Waals surface area contributed by atoms with Gasteiger partial charge in [0.15, 0.2) is 0 Å². The molecule has 2 aromatic heterocycles. The Balaban J connectivity index is 1.60. The van der Waals surface area contributed by atoms with Crippen LogP contribution in [0.5, 0.6) is 5.88 Å². The van der Waals surface area contributed by atoms with Crippen molar-refractivity contribution in [2.75, 3.05) is 25.0 Å². The molecule has 1 amide bonds. The highest BCUT2D eigenvalue weighted by Crippen LogP contribution is 2.18. The van der Waals surface area contributed by atoms with Crippen LogP contribution < -0.4 is 10.1 Å². The van der Waals surface area contributed by atoms with Gasteiger partial charge >= 0.3 is 0 Å². The van der Waals surface area contributed by atoms with Gasteiger partial charge in [-0.25, -0.2) is 9.97 Å². The van der Waals surface area contributed by atoms with Gasteiger partial charge in [-0.2, -0.15) is 0 Å². The fourth-order valence-electron chi connectivity index (χ4n) is 2.57. The number of anilines is 1. The lowest BCUT2D eigenvalue weighted by Crippen LogP contribution is -2.32. The molecule has 1 saturated heterocycles. The molecule has 7 heteroatoms. The molecule has 3 rings (SSSR count). The number of amides is 1. The molecule has 1 fully saturated rings. The molecule has 3 heterocycles. The van der Waals surface area contributed by atoms with Crippen molar-refractivity contribution in [1.29, 1.82) is 0 Å². The highest BCUT2D eigenvalue weighted by molar-refractivity contribution is 5.92. The van der Waals surface area contributed by atoms with Crippen LogP contribution in [-0.2, 0) is 0 Å². The number of hydrogen-bond donors (Lipinski definition) is 1.